The fraction of sp³-hybridized carbons (Fsp3) is 0.448. The average Bonchev–Trinajstić information content (AvgIpc) is 3.75. The first-order chi connectivity index (χ1) is 17.0. The molecule has 1 aliphatic heterocycles. The fourth-order valence-electron chi connectivity index (χ4n) is 5.16. The highest BCUT2D eigenvalue weighted by molar-refractivity contribution is 5.83. The summed E-state index contributed by atoms with van der Waals surface area (Å²) in [5, 5.41) is 11.7. The number of hydrogen-bond acceptors (Lipinski definition) is 5. The first kappa shape index (κ1) is 23.6. The minimum absolute atomic E-state index is 0.0628. The Hall–Kier alpha value is -3.12. The standard InChI is InChI=1S/C29H33NO5/c1-3-24(31)30-15-13-21(14-16-30)28-18(2)26(32)22-11-12-23(34-17-19-7-5-4-6-8-19)25(29(22)35-28)27(33)20-9-10-20/h4-8,11-12,20-21,27,33H,3,9-10,13-17H2,1-2H3. The lowest BCUT2D eigenvalue weighted by atomic mass is 9.90. The van der Waals surface area contributed by atoms with Gasteiger partial charge in [-0.3, -0.25) is 9.59 Å². The van der Waals surface area contributed by atoms with Gasteiger partial charge in [0.1, 0.15) is 23.7 Å². The van der Waals surface area contributed by atoms with E-state index in [9.17, 15) is 14.7 Å². The van der Waals surface area contributed by atoms with E-state index in [-0.39, 0.29) is 23.2 Å². The van der Waals surface area contributed by atoms with Crippen LogP contribution in [0.2, 0.25) is 0 Å². The Kier molecular flexibility index (Phi) is 6.65. The zero-order chi connectivity index (χ0) is 24.5. The highest BCUT2D eigenvalue weighted by Crippen LogP contribution is 2.46. The fourth-order valence-corrected chi connectivity index (χ4v) is 5.16. The van der Waals surface area contributed by atoms with Crippen LogP contribution in [0.3, 0.4) is 0 Å². The van der Waals surface area contributed by atoms with Gasteiger partial charge in [-0.2, -0.15) is 0 Å². The first-order valence-electron chi connectivity index (χ1n) is 12.7. The van der Waals surface area contributed by atoms with Crippen molar-refractivity contribution >= 4 is 16.9 Å². The van der Waals surface area contributed by atoms with Crippen molar-refractivity contribution in [1.29, 1.82) is 0 Å². The Morgan fingerprint density at radius 3 is 2.49 bits per heavy atom. The van der Waals surface area contributed by atoms with Gasteiger partial charge < -0.3 is 19.2 Å². The molecule has 1 unspecified atom stereocenters. The average molecular weight is 476 g/mol. The van der Waals surface area contributed by atoms with Gasteiger partial charge in [-0.25, -0.2) is 0 Å². The van der Waals surface area contributed by atoms with Crippen LogP contribution in [-0.2, 0) is 11.4 Å². The van der Waals surface area contributed by atoms with Gasteiger partial charge in [0.25, 0.3) is 0 Å². The number of nitrogens with zero attached hydrogens (tertiary/aromatic N) is 1. The number of ether oxygens (including phenoxy) is 1. The van der Waals surface area contributed by atoms with Crippen molar-refractivity contribution in [3.8, 4) is 5.75 Å². The maximum atomic E-state index is 13.4. The normalized spacial score (nSPS) is 17.5. The van der Waals surface area contributed by atoms with Gasteiger partial charge in [-0.05, 0) is 56.2 Å². The van der Waals surface area contributed by atoms with Crippen molar-refractivity contribution in [3.63, 3.8) is 0 Å². The third-order valence-corrected chi connectivity index (χ3v) is 7.45. The summed E-state index contributed by atoms with van der Waals surface area (Å²) in [5.41, 5.74) is 2.60. The molecular formula is C29H33NO5. The predicted molar refractivity (Wildman–Crippen MR) is 135 cm³/mol. The highest BCUT2D eigenvalue weighted by atomic mass is 16.5. The molecular weight excluding hydrogens is 442 g/mol. The molecule has 6 nitrogen and oxygen atoms in total. The molecule has 5 rings (SSSR count). The molecule has 0 spiro atoms. The Balaban J connectivity index is 1.54. The maximum Gasteiger partial charge on any atom is 0.222 e. The Bertz CT molecular complexity index is 1270. The van der Waals surface area contributed by atoms with Crippen molar-refractivity contribution in [2.24, 2.45) is 5.92 Å². The van der Waals surface area contributed by atoms with Gasteiger partial charge in [0.15, 0.2) is 5.43 Å². The third-order valence-electron chi connectivity index (χ3n) is 7.45. The monoisotopic (exact) mass is 475 g/mol. The number of aliphatic hydroxyl groups is 1. The van der Waals surface area contributed by atoms with Crippen LogP contribution in [-0.4, -0.2) is 29.0 Å². The topological polar surface area (TPSA) is 80.0 Å². The van der Waals surface area contributed by atoms with E-state index in [4.69, 9.17) is 9.15 Å². The zero-order valence-electron chi connectivity index (χ0n) is 20.5. The Morgan fingerprint density at radius 1 is 1.11 bits per heavy atom. The first-order valence-corrected chi connectivity index (χ1v) is 12.7. The molecule has 2 heterocycles. The van der Waals surface area contributed by atoms with Crippen LogP contribution in [0, 0.1) is 12.8 Å². The summed E-state index contributed by atoms with van der Waals surface area (Å²) < 4.78 is 12.7. The van der Waals surface area contributed by atoms with Gasteiger partial charge in [-0.1, -0.05) is 37.3 Å². The molecule has 3 aromatic rings. The molecule has 1 saturated heterocycles. The molecule has 1 N–H and O–H groups in total. The second-order valence-electron chi connectivity index (χ2n) is 9.84. The summed E-state index contributed by atoms with van der Waals surface area (Å²) in [5.74, 6) is 1.61. The summed E-state index contributed by atoms with van der Waals surface area (Å²) in [6, 6.07) is 13.4. The summed E-state index contributed by atoms with van der Waals surface area (Å²) >= 11 is 0. The third kappa shape index (κ3) is 4.72. The largest absolute Gasteiger partial charge is 0.488 e. The van der Waals surface area contributed by atoms with Gasteiger partial charge in [0.2, 0.25) is 5.91 Å². The number of benzene rings is 2. The Morgan fingerprint density at radius 2 is 1.83 bits per heavy atom. The number of amides is 1. The van der Waals surface area contributed by atoms with Crippen LogP contribution in [0.15, 0.2) is 51.7 Å². The smallest absolute Gasteiger partial charge is 0.222 e. The van der Waals surface area contributed by atoms with Crippen molar-refractivity contribution in [2.75, 3.05) is 13.1 Å². The van der Waals surface area contributed by atoms with Crippen molar-refractivity contribution in [3.05, 3.63) is 75.1 Å². The molecule has 35 heavy (non-hydrogen) atoms. The van der Waals surface area contributed by atoms with Gasteiger partial charge in [0, 0.05) is 31.0 Å². The van der Waals surface area contributed by atoms with Crippen LogP contribution in [0.5, 0.6) is 5.75 Å². The number of hydrogen-bond donors (Lipinski definition) is 1. The molecule has 1 aromatic heterocycles. The number of likely N-dealkylation sites (tertiary alicyclic amines) is 1. The van der Waals surface area contributed by atoms with Crippen LogP contribution in [0.1, 0.15) is 73.5 Å². The molecule has 0 radical (unpaired) electrons. The lowest BCUT2D eigenvalue weighted by molar-refractivity contribution is -0.131. The predicted octanol–water partition coefficient (Wildman–Crippen LogP) is 5.24. The second-order valence-corrected chi connectivity index (χ2v) is 9.84. The van der Waals surface area contributed by atoms with E-state index in [1.807, 2.05) is 49.1 Å². The number of aliphatic hydroxyl groups excluding tert-OH is 1. The SMILES string of the molecule is CCC(=O)N1CCC(c2oc3c(C(O)C4CC4)c(OCc4ccccc4)ccc3c(=O)c2C)CC1. The van der Waals surface area contributed by atoms with E-state index < -0.39 is 6.10 Å². The highest BCUT2D eigenvalue weighted by Gasteiger charge is 2.36. The van der Waals surface area contributed by atoms with Crippen molar-refractivity contribution < 1.29 is 19.1 Å². The van der Waals surface area contributed by atoms with E-state index in [0.29, 0.717) is 59.7 Å². The maximum absolute atomic E-state index is 13.4. The van der Waals surface area contributed by atoms with Crippen LogP contribution >= 0.6 is 0 Å². The van der Waals surface area contributed by atoms with E-state index in [0.717, 1.165) is 31.2 Å². The minimum Gasteiger partial charge on any atom is -0.488 e. The molecule has 184 valence electrons. The van der Waals surface area contributed by atoms with Crippen LogP contribution < -0.4 is 10.2 Å². The van der Waals surface area contributed by atoms with Crippen LogP contribution in [0.25, 0.3) is 11.0 Å². The van der Waals surface area contributed by atoms with Gasteiger partial charge in [-0.15, -0.1) is 0 Å². The summed E-state index contributed by atoms with van der Waals surface area (Å²) in [6.07, 6.45) is 3.16. The summed E-state index contributed by atoms with van der Waals surface area (Å²) in [6.45, 7) is 5.39. The van der Waals surface area contributed by atoms with E-state index >= 15 is 0 Å². The lowest BCUT2D eigenvalue weighted by Gasteiger charge is -2.32. The molecule has 2 fully saturated rings. The van der Waals surface area contributed by atoms with Gasteiger partial charge >= 0.3 is 0 Å². The summed E-state index contributed by atoms with van der Waals surface area (Å²) in [4.78, 5) is 27.4. The molecule has 6 heteroatoms. The minimum atomic E-state index is -0.743. The molecule has 1 aliphatic carbocycles. The number of rotatable bonds is 7. The molecule has 1 amide bonds. The molecule has 1 saturated carbocycles. The molecule has 1 atom stereocenters. The van der Waals surface area contributed by atoms with Crippen molar-refractivity contribution in [2.45, 2.75) is 64.6 Å². The van der Waals surface area contributed by atoms with E-state index in [1.165, 1.54) is 0 Å². The number of carbonyl (C=O) groups excluding carboxylic acids is 1. The number of carbonyl (C=O) groups is 1. The number of fused-ring (bicyclic) bond motifs is 1. The van der Waals surface area contributed by atoms with E-state index in [1.54, 1.807) is 12.1 Å². The van der Waals surface area contributed by atoms with E-state index in [2.05, 4.69) is 0 Å². The van der Waals surface area contributed by atoms with Crippen LogP contribution in [0.4, 0.5) is 0 Å². The zero-order valence-corrected chi connectivity index (χ0v) is 20.5. The summed E-state index contributed by atoms with van der Waals surface area (Å²) in [7, 11) is 0. The molecule has 0 bridgehead atoms. The lowest BCUT2D eigenvalue weighted by Crippen LogP contribution is -2.37. The van der Waals surface area contributed by atoms with Crippen molar-refractivity contribution in [1.82, 2.24) is 4.90 Å². The second kappa shape index (κ2) is 9.86. The molecule has 2 aliphatic rings. The Labute approximate surface area is 205 Å². The van der Waals surface area contributed by atoms with Gasteiger partial charge in [0.05, 0.1) is 17.1 Å². The quantitative estimate of drug-likeness (QED) is 0.506. The number of piperidine rings is 1. The molecule has 2 aromatic carbocycles.